The summed E-state index contributed by atoms with van der Waals surface area (Å²) >= 11 is 0. The Hall–Kier alpha value is -1.30. The van der Waals surface area contributed by atoms with Crippen LogP contribution in [0.2, 0.25) is 0 Å². The van der Waals surface area contributed by atoms with Crippen molar-refractivity contribution in [1.82, 2.24) is 4.90 Å². The van der Waals surface area contributed by atoms with Crippen molar-refractivity contribution in [2.24, 2.45) is 0 Å². The van der Waals surface area contributed by atoms with Crippen LogP contribution in [0.25, 0.3) is 0 Å². The molecule has 0 heterocycles. The molecule has 1 N–H and O–H groups in total. The van der Waals surface area contributed by atoms with Crippen molar-refractivity contribution in [1.29, 1.82) is 0 Å². The van der Waals surface area contributed by atoms with Crippen LogP contribution in [0.1, 0.15) is 310 Å². The topological polar surface area (TPSA) is 113 Å². The number of esters is 2. The molecular weight excluding hydrogens is 903 g/mol. The Morgan fingerprint density at radius 3 is 0.833 bits per heavy atom. The first-order valence-corrected chi connectivity index (χ1v) is 31.6. The van der Waals surface area contributed by atoms with E-state index >= 15 is 0 Å². The summed E-state index contributed by atoms with van der Waals surface area (Å²) in [5.41, 5.74) is 0. The molecule has 0 fully saturated rings. The molecule has 0 aromatic heterocycles. The molecule has 0 bridgehead atoms. The minimum absolute atomic E-state index is 0.163. The van der Waals surface area contributed by atoms with E-state index in [0.29, 0.717) is 65.3 Å². The number of rotatable bonds is 62. The maximum atomic E-state index is 12.7. The summed E-state index contributed by atoms with van der Waals surface area (Å²) in [6.07, 6.45) is 49.1. The lowest BCUT2D eigenvalue weighted by molar-refractivity contribution is -0.159. The molecule has 0 aliphatic heterocycles. The van der Waals surface area contributed by atoms with Gasteiger partial charge < -0.3 is 38.4 Å². The summed E-state index contributed by atoms with van der Waals surface area (Å²) in [5.74, 6) is -0.327. The lowest BCUT2D eigenvalue weighted by atomic mass is 10.1. The monoisotopic (exact) mass is 1030 g/mol. The fourth-order valence-corrected chi connectivity index (χ4v) is 9.23. The van der Waals surface area contributed by atoms with Gasteiger partial charge in [0, 0.05) is 45.9 Å². The van der Waals surface area contributed by atoms with Crippen LogP contribution in [0.15, 0.2) is 0 Å². The van der Waals surface area contributed by atoms with Gasteiger partial charge in [-0.25, -0.2) is 0 Å². The summed E-state index contributed by atoms with van der Waals surface area (Å²) in [7, 11) is 0. The molecule has 0 radical (unpaired) electrons. The Kier molecular flexibility index (Phi) is 59.5. The van der Waals surface area contributed by atoms with Crippen LogP contribution in [-0.4, -0.2) is 100 Å². The van der Waals surface area contributed by atoms with E-state index in [1.165, 1.54) is 180 Å². The fraction of sp³-hybridized carbons (Fsp3) is 0.968. The predicted octanol–water partition coefficient (Wildman–Crippen LogP) is 17.3. The quantitative estimate of drug-likeness (QED) is 0.0359. The molecule has 72 heavy (non-hydrogen) atoms. The number of aliphatic hydroxyl groups is 1. The van der Waals surface area contributed by atoms with Gasteiger partial charge in [-0.1, -0.05) is 207 Å². The molecule has 0 amide bonds. The first-order valence-electron chi connectivity index (χ1n) is 31.6. The molecule has 0 unspecified atom stereocenters. The molecule has 0 aromatic rings. The zero-order chi connectivity index (χ0) is 52.3. The summed E-state index contributed by atoms with van der Waals surface area (Å²) in [5, 5.41) is 9.40. The highest BCUT2D eigenvalue weighted by molar-refractivity contribution is 5.69. The second-order valence-corrected chi connectivity index (χ2v) is 21.2. The summed E-state index contributed by atoms with van der Waals surface area (Å²) in [6.45, 7) is 15.9. The van der Waals surface area contributed by atoms with E-state index in [9.17, 15) is 14.7 Å². The third-order valence-electron chi connectivity index (χ3n) is 14.0. The van der Waals surface area contributed by atoms with Crippen molar-refractivity contribution >= 4 is 11.9 Å². The number of aliphatic hydroxyl groups excluding tert-OH is 1. The van der Waals surface area contributed by atoms with Gasteiger partial charge in [0.15, 0.2) is 12.6 Å². The van der Waals surface area contributed by atoms with Crippen LogP contribution >= 0.6 is 0 Å². The predicted molar refractivity (Wildman–Crippen MR) is 303 cm³/mol. The smallest absolute Gasteiger partial charge is 0.305 e. The van der Waals surface area contributed by atoms with Crippen LogP contribution in [-0.2, 0) is 38.0 Å². The Labute approximate surface area is 447 Å². The number of unbranched alkanes of at least 4 members (excludes halogenated alkanes) is 33. The fourth-order valence-electron chi connectivity index (χ4n) is 9.23. The van der Waals surface area contributed by atoms with E-state index in [1.807, 2.05) is 0 Å². The van der Waals surface area contributed by atoms with Crippen LogP contribution in [0.4, 0.5) is 0 Å². The SMILES string of the molecule is CCCCCCCCCCOC(CCC(=O)OCCCCCN(CCCCO)CCCCCOC(=O)CCC(OCCCCCCCCCC)OCCCCCCCCCC)OCCCCCCCCCC. The Morgan fingerprint density at radius 1 is 0.319 bits per heavy atom. The number of nitrogens with zero attached hydrogens (tertiary/aromatic N) is 1. The van der Waals surface area contributed by atoms with Crippen LogP contribution in [0.5, 0.6) is 0 Å². The van der Waals surface area contributed by atoms with E-state index in [2.05, 4.69) is 32.6 Å². The molecule has 0 spiro atoms. The van der Waals surface area contributed by atoms with Gasteiger partial charge >= 0.3 is 11.9 Å². The van der Waals surface area contributed by atoms with E-state index in [4.69, 9.17) is 28.4 Å². The highest BCUT2D eigenvalue weighted by Gasteiger charge is 2.16. The number of hydrogen-bond acceptors (Lipinski definition) is 10. The number of hydrogen-bond donors (Lipinski definition) is 1. The molecule has 0 aliphatic carbocycles. The third kappa shape index (κ3) is 54.9. The van der Waals surface area contributed by atoms with Crippen molar-refractivity contribution in [3.63, 3.8) is 0 Å². The molecule has 0 aromatic carbocycles. The lowest BCUT2D eigenvalue weighted by Crippen LogP contribution is -2.27. The van der Waals surface area contributed by atoms with Gasteiger partial charge in [0.25, 0.3) is 0 Å². The van der Waals surface area contributed by atoms with Crippen molar-refractivity contribution in [3.8, 4) is 0 Å². The summed E-state index contributed by atoms with van der Waals surface area (Å²) < 4.78 is 36.0. The van der Waals surface area contributed by atoms with Gasteiger partial charge in [0.1, 0.15) is 0 Å². The van der Waals surface area contributed by atoms with Crippen LogP contribution in [0, 0.1) is 0 Å². The average molecular weight is 1030 g/mol. The molecule has 0 saturated carbocycles. The van der Waals surface area contributed by atoms with Gasteiger partial charge in [-0.15, -0.1) is 0 Å². The molecule has 430 valence electrons. The van der Waals surface area contributed by atoms with E-state index < -0.39 is 0 Å². The maximum Gasteiger partial charge on any atom is 0.305 e. The van der Waals surface area contributed by atoms with Gasteiger partial charge in [-0.05, 0) is 96.7 Å². The normalized spacial score (nSPS) is 11.8. The first kappa shape index (κ1) is 70.7. The summed E-state index contributed by atoms with van der Waals surface area (Å²) in [6, 6.07) is 0. The summed E-state index contributed by atoms with van der Waals surface area (Å²) in [4.78, 5) is 28.0. The molecule has 0 atom stereocenters. The molecule has 10 nitrogen and oxygen atoms in total. The lowest BCUT2D eigenvalue weighted by Gasteiger charge is -2.22. The minimum Gasteiger partial charge on any atom is -0.466 e. The Bertz CT molecular complexity index is 946. The largest absolute Gasteiger partial charge is 0.466 e. The third-order valence-corrected chi connectivity index (χ3v) is 14.0. The second-order valence-electron chi connectivity index (χ2n) is 21.2. The highest BCUT2D eigenvalue weighted by Crippen LogP contribution is 2.16. The average Bonchev–Trinajstić information content (AvgIpc) is 3.38. The van der Waals surface area contributed by atoms with E-state index in [1.54, 1.807) is 0 Å². The zero-order valence-electron chi connectivity index (χ0n) is 48.5. The van der Waals surface area contributed by atoms with Gasteiger partial charge in [-0.2, -0.15) is 0 Å². The Balaban J connectivity index is 4.52. The minimum atomic E-state index is -0.342. The molecular formula is C62H123NO9. The zero-order valence-corrected chi connectivity index (χ0v) is 48.5. The number of ether oxygens (including phenoxy) is 6. The highest BCUT2D eigenvalue weighted by atomic mass is 16.7. The maximum absolute atomic E-state index is 12.7. The second kappa shape index (κ2) is 60.6. The molecule has 0 saturated heterocycles. The van der Waals surface area contributed by atoms with Gasteiger partial charge in [0.05, 0.1) is 26.1 Å². The standard InChI is InChI=1S/C62H123NO9/c1-5-9-13-17-21-25-29-39-55-69-61(70-56-40-30-26-22-18-14-10-6-2)47-45-59(65)67-53-43-33-35-49-63(51-37-38-52-64)50-36-34-44-54-68-60(66)46-48-62(71-57-41-31-27-23-19-15-11-7-3)72-58-42-32-28-24-20-16-12-8-4/h61-62,64H,5-58H2,1-4H3. The van der Waals surface area contributed by atoms with Crippen molar-refractivity contribution in [3.05, 3.63) is 0 Å². The van der Waals surface area contributed by atoms with Crippen molar-refractivity contribution < 1.29 is 43.1 Å². The van der Waals surface area contributed by atoms with Gasteiger partial charge in [0.2, 0.25) is 0 Å². The van der Waals surface area contributed by atoms with Crippen molar-refractivity contribution in [2.75, 3.05) is 65.9 Å². The van der Waals surface area contributed by atoms with Crippen LogP contribution < -0.4 is 0 Å². The van der Waals surface area contributed by atoms with Crippen LogP contribution in [0.3, 0.4) is 0 Å². The Morgan fingerprint density at radius 2 is 0.556 bits per heavy atom. The molecule has 0 aliphatic rings. The van der Waals surface area contributed by atoms with E-state index in [0.717, 1.165) is 96.7 Å². The number of carbonyl (C=O) groups excluding carboxylic acids is 2. The van der Waals surface area contributed by atoms with Gasteiger partial charge in [-0.3, -0.25) is 9.59 Å². The first-order chi connectivity index (χ1) is 35.5. The van der Waals surface area contributed by atoms with E-state index in [-0.39, 0.29) is 31.1 Å². The molecule has 10 heteroatoms. The molecule has 0 rings (SSSR count). The van der Waals surface area contributed by atoms with Crippen molar-refractivity contribution in [2.45, 2.75) is 323 Å². The number of carbonyl (C=O) groups is 2.